The highest BCUT2D eigenvalue weighted by molar-refractivity contribution is 6.06. The summed E-state index contributed by atoms with van der Waals surface area (Å²) in [4.78, 5) is 19.1. The molecule has 0 atom stereocenters. The van der Waals surface area contributed by atoms with Gasteiger partial charge in [-0.2, -0.15) is 0 Å². The summed E-state index contributed by atoms with van der Waals surface area (Å²) in [5.74, 6) is 0.817. The minimum absolute atomic E-state index is 0.0930. The first kappa shape index (κ1) is 16.1. The lowest BCUT2D eigenvalue weighted by atomic mass is 10.0. The first-order chi connectivity index (χ1) is 11.4. The smallest absolute Gasteiger partial charge is 0.254 e. The van der Waals surface area contributed by atoms with Crippen LogP contribution in [0.1, 0.15) is 39.0 Å². The molecule has 0 bridgehead atoms. The van der Waals surface area contributed by atoms with Gasteiger partial charge in [-0.05, 0) is 38.0 Å². The van der Waals surface area contributed by atoms with Gasteiger partial charge < -0.3 is 9.32 Å². The highest BCUT2D eigenvalue weighted by Crippen LogP contribution is 2.25. The van der Waals surface area contributed by atoms with Crippen LogP contribution in [0.4, 0.5) is 0 Å². The van der Waals surface area contributed by atoms with Crippen molar-refractivity contribution in [2.24, 2.45) is 0 Å². The maximum absolute atomic E-state index is 12.9. The predicted molar refractivity (Wildman–Crippen MR) is 90.8 cm³/mol. The molecule has 1 amide bonds. The Morgan fingerprint density at radius 2 is 1.92 bits per heavy atom. The second-order valence-electron chi connectivity index (χ2n) is 6.09. The molecule has 0 fully saturated rings. The van der Waals surface area contributed by atoms with E-state index in [0.29, 0.717) is 17.3 Å². The van der Waals surface area contributed by atoms with Crippen molar-refractivity contribution in [1.82, 2.24) is 20.1 Å². The SMILES string of the molecule is Cc1cc(C(=O)N(C)Cc2nnc(C)o2)c2ccc(C)c(C)c2n1. The Morgan fingerprint density at radius 1 is 1.17 bits per heavy atom. The first-order valence-electron chi connectivity index (χ1n) is 7.79. The number of hydrogen-bond donors (Lipinski definition) is 0. The number of fused-ring (bicyclic) bond motifs is 1. The predicted octanol–water partition coefficient (Wildman–Crippen LogP) is 3.12. The molecule has 2 heterocycles. The van der Waals surface area contributed by atoms with Crippen LogP contribution in [-0.4, -0.2) is 33.0 Å². The summed E-state index contributed by atoms with van der Waals surface area (Å²) in [5, 5.41) is 8.60. The highest BCUT2D eigenvalue weighted by atomic mass is 16.4. The second-order valence-corrected chi connectivity index (χ2v) is 6.09. The van der Waals surface area contributed by atoms with Crippen molar-refractivity contribution in [3.05, 3.63) is 52.4 Å². The van der Waals surface area contributed by atoms with Gasteiger partial charge in [0, 0.05) is 25.1 Å². The fourth-order valence-corrected chi connectivity index (χ4v) is 2.72. The Balaban J connectivity index is 2.01. The molecule has 3 aromatic rings. The van der Waals surface area contributed by atoms with Crippen molar-refractivity contribution < 1.29 is 9.21 Å². The van der Waals surface area contributed by atoms with Crippen molar-refractivity contribution in [3.63, 3.8) is 0 Å². The number of aryl methyl sites for hydroxylation is 4. The van der Waals surface area contributed by atoms with Crippen LogP contribution in [-0.2, 0) is 6.54 Å². The number of nitrogens with zero attached hydrogens (tertiary/aromatic N) is 4. The monoisotopic (exact) mass is 324 g/mol. The maximum atomic E-state index is 12.9. The summed E-state index contributed by atoms with van der Waals surface area (Å²) in [5.41, 5.74) is 4.59. The largest absolute Gasteiger partial charge is 0.424 e. The molecule has 24 heavy (non-hydrogen) atoms. The molecule has 0 aliphatic carbocycles. The van der Waals surface area contributed by atoms with E-state index in [1.54, 1.807) is 18.9 Å². The number of hydrogen-bond acceptors (Lipinski definition) is 5. The lowest BCUT2D eigenvalue weighted by molar-refractivity contribution is 0.0774. The van der Waals surface area contributed by atoms with E-state index in [9.17, 15) is 4.79 Å². The molecular weight excluding hydrogens is 304 g/mol. The number of rotatable bonds is 3. The van der Waals surface area contributed by atoms with E-state index in [2.05, 4.69) is 15.2 Å². The molecule has 2 aromatic heterocycles. The van der Waals surface area contributed by atoms with E-state index < -0.39 is 0 Å². The van der Waals surface area contributed by atoms with Gasteiger partial charge in [0.05, 0.1) is 17.6 Å². The zero-order valence-corrected chi connectivity index (χ0v) is 14.5. The number of pyridine rings is 1. The Hall–Kier alpha value is -2.76. The molecule has 6 heteroatoms. The van der Waals surface area contributed by atoms with Gasteiger partial charge in [0.15, 0.2) is 0 Å². The van der Waals surface area contributed by atoms with Gasteiger partial charge >= 0.3 is 0 Å². The maximum Gasteiger partial charge on any atom is 0.254 e. The number of carbonyl (C=O) groups is 1. The zero-order valence-electron chi connectivity index (χ0n) is 14.5. The molecule has 3 rings (SSSR count). The Labute approximate surface area is 140 Å². The minimum atomic E-state index is -0.0930. The number of benzene rings is 1. The molecule has 0 radical (unpaired) electrons. The summed E-state index contributed by atoms with van der Waals surface area (Å²) in [6.07, 6.45) is 0. The fraction of sp³-hybridized carbons (Fsp3) is 0.333. The lowest BCUT2D eigenvalue weighted by Crippen LogP contribution is -2.26. The van der Waals surface area contributed by atoms with Gasteiger partial charge in [0.2, 0.25) is 11.8 Å². The van der Waals surface area contributed by atoms with Crippen LogP contribution in [0.15, 0.2) is 22.6 Å². The van der Waals surface area contributed by atoms with Crippen molar-refractivity contribution in [2.75, 3.05) is 7.05 Å². The molecule has 1 aromatic carbocycles. The van der Waals surface area contributed by atoms with Crippen molar-refractivity contribution >= 4 is 16.8 Å². The summed E-state index contributed by atoms with van der Waals surface area (Å²) >= 11 is 0. The van der Waals surface area contributed by atoms with E-state index in [4.69, 9.17) is 4.42 Å². The molecule has 124 valence electrons. The standard InChI is InChI=1S/C18H20N4O2/c1-10-6-7-14-15(8-11(2)19-17(14)12(10)3)18(23)22(5)9-16-21-20-13(4)24-16/h6-8H,9H2,1-5H3. The lowest BCUT2D eigenvalue weighted by Gasteiger charge is -2.17. The summed E-state index contributed by atoms with van der Waals surface area (Å²) in [7, 11) is 1.73. The van der Waals surface area contributed by atoms with Gasteiger partial charge in [-0.15, -0.1) is 10.2 Å². The topological polar surface area (TPSA) is 72.1 Å². The summed E-state index contributed by atoms with van der Waals surface area (Å²) < 4.78 is 5.36. The van der Waals surface area contributed by atoms with Gasteiger partial charge in [-0.25, -0.2) is 0 Å². The third kappa shape index (κ3) is 2.87. The van der Waals surface area contributed by atoms with Crippen LogP contribution in [0, 0.1) is 27.7 Å². The van der Waals surface area contributed by atoms with Crippen LogP contribution < -0.4 is 0 Å². The van der Waals surface area contributed by atoms with E-state index in [0.717, 1.165) is 27.7 Å². The van der Waals surface area contributed by atoms with Gasteiger partial charge in [0.1, 0.15) is 0 Å². The van der Waals surface area contributed by atoms with Crippen molar-refractivity contribution in [2.45, 2.75) is 34.2 Å². The average Bonchev–Trinajstić information content (AvgIpc) is 2.95. The quantitative estimate of drug-likeness (QED) is 0.740. The molecule has 0 saturated heterocycles. The normalized spacial score (nSPS) is 11.0. The number of aromatic nitrogens is 3. The summed E-state index contributed by atoms with van der Waals surface area (Å²) in [6.45, 7) is 7.98. The third-order valence-electron chi connectivity index (χ3n) is 4.15. The van der Waals surface area contributed by atoms with E-state index in [1.807, 2.05) is 39.0 Å². The molecule has 0 aliphatic rings. The fourth-order valence-electron chi connectivity index (χ4n) is 2.72. The van der Waals surface area contributed by atoms with Crippen molar-refractivity contribution in [3.8, 4) is 0 Å². The molecule has 0 unspecified atom stereocenters. The molecule has 0 saturated carbocycles. The van der Waals surface area contributed by atoms with E-state index in [1.165, 1.54) is 0 Å². The van der Waals surface area contributed by atoms with Crippen LogP contribution in [0.3, 0.4) is 0 Å². The van der Waals surface area contributed by atoms with Crippen LogP contribution >= 0.6 is 0 Å². The highest BCUT2D eigenvalue weighted by Gasteiger charge is 2.19. The summed E-state index contributed by atoms with van der Waals surface area (Å²) in [6, 6.07) is 5.81. The van der Waals surface area contributed by atoms with Crippen LogP contribution in [0.25, 0.3) is 10.9 Å². The average molecular weight is 324 g/mol. The number of amides is 1. The Bertz CT molecular complexity index is 930. The molecular formula is C18H20N4O2. The van der Waals surface area contributed by atoms with E-state index in [-0.39, 0.29) is 12.5 Å². The van der Waals surface area contributed by atoms with Gasteiger partial charge in [0.25, 0.3) is 5.91 Å². The molecule has 0 spiro atoms. The molecule has 6 nitrogen and oxygen atoms in total. The molecule has 0 aliphatic heterocycles. The first-order valence-corrected chi connectivity index (χ1v) is 7.79. The Morgan fingerprint density at radius 3 is 2.58 bits per heavy atom. The van der Waals surface area contributed by atoms with Crippen LogP contribution in [0.2, 0.25) is 0 Å². The van der Waals surface area contributed by atoms with Crippen molar-refractivity contribution in [1.29, 1.82) is 0 Å². The number of carbonyl (C=O) groups excluding carboxylic acids is 1. The zero-order chi connectivity index (χ0) is 17.4. The van der Waals surface area contributed by atoms with Gasteiger partial charge in [-0.1, -0.05) is 12.1 Å². The second kappa shape index (κ2) is 6.03. The minimum Gasteiger partial charge on any atom is -0.424 e. The van der Waals surface area contributed by atoms with Crippen LogP contribution in [0.5, 0.6) is 0 Å². The van der Waals surface area contributed by atoms with Gasteiger partial charge in [-0.3, -0.25) is 9.78 Å². The third-order valence-corrected chi connectivity index (χ3v) is 4.15. The van der Waals surface area contributed by atoms with E-state index >= 15 is 0 Å². The molecule has 0 N–H and O–H groups in total. The Kier molecular flexibility index (Phi) is 4.05.